The molecule has 0 aliphatic rings. The molecule has 0 unspecified atom stereocenters. The van der Waals surface area contributed by atoms with Crippen LogP contribution in [0, 0.1) is 0 Å². The van der Waals surface area contributed by atoms with Crippen molar-refractivity contribution in [1.29, 1.82) is 0 Å². The Morgan fingerprint density at radius 3 is 2.25 bits per heavy atom. The van der Waals surface area contributed by atoms with Gasteiger partial charge in [-0.25, -0.2) is 4.79 Å². The summed E-state index contributed by atoms with van der Waals surface area (Å²) in [6.45, 7) is 2.92. The first-order chi connectivity index (χ1) is 7.27. The second kappa shape index (κ2) is 4.02. The number of rotatable bonds is 2. The van der Waals surface area contributed by atoms with E-state index in [-0.39, 0.29) is 16.9 Å². The molecule has 0 saturated heterocycles. The molecule has 3 N–H and O–H groups in total. The highest BCUT2D eigenvalue weighted by Crippen LogP contribution is 2.34. The summed E-state index contributed by atoms with van der Waals surface area (Å²) < 4.78 is 4.46. The Morgan fingerprint density at radius 2 is 1.81 bits per heavy atom. The first kappa shape index (κ1) is 12.3. The van der Waals surface area contributed by atoms with E-state index in [0.717, 1.165) is 6.07 Å². The van der Waals surface area contributed by atoms with Gasteiger partial charge in [0.2, 0.25) is 0 Å². The zero-order valence-electron chi connectivity index (χ0n) is 9.31. The molecule has 0 spiro atoms. The lowest BCUT2D eigenvalue weighted by Crippen LogP contribution is -2.17. The number of carbonyl (C=O) groups is 1. The number of esters is 1. The molecule has 0 radical (unpaired) electrons. The van der Waals surface area contributed by atoms with Gasteiger partial charge in [0.1, 0.15) is 17.1 Å². The van der Waals surface area contributed by atoms with Gasteiger partial charge in [0.05, 0.1) is 12.7 Å². The summed E-state index contributed by atoms with van der Waals surface area (Å²) in [4.78, 5) is 11.3. The van der Waals surface area contributed by atoms with Crippen molar-refractivity contribution in [3.63, 3.8) is 0 Å². The molecule has 88 valence electrons. The number of methoxy groups -OCH3 is 1. The van der Waals surface area contributed by atoms with Crippen molar-refractivity contribution < 1.29 is 24.9 Å². The summed E-state index contributed by atoms with van der Waals surface area (Å²) in [5, 5.41) is 28.7. The summed E-state index contributed by atoms with van der Waals surface area (Å²) >= 11 is 0. The fraction of sp³-hybridized carbons (Fsp3) is 0.364. The van der Waals surface area contributed by atoms with Crippen molar-refractivity contribution in [2.24, 2.45) is 0 Å². The number of hydrogen-bond acceptors (Lipinski definition) is 5. The van der Waals surface area contributed by atoms with Crippen LogP contribution in [0.5, 0.6) is 11.5 Å². The summed E-state index contributed by atoms with van der Waals surface area (Å²) in [6.07, 6.45) is 0. The summed E-state index contributed by atoms with van der Waals surface area (Å²) in [7, 11) is 1.18. The second-order valence-electron chi connectivity index (χ2n) is 3.94. The molecule has 16 heavy (non-hydrogen) atoms. The number of hydrogen-bond donors (Lipinski definition) is 3. The predicted molar refractivity (Wildman–Crippen MR) is 56.4 cm³/mol. The maximum absolute atomic E-state index is 11.3. The molecule has 1 rings (SSSR count). The molecular weight excluding hydrogens is 212 g/mol. The Labute approximate surface area is 92.9 Å². The molecule has 5 nitrogen and oxygen atoms in total. The minimum absolute atomic E-state index is 0.0996. The van der Waals surface area contributed by atoms with Crippen LogP contribution in [0.25, 0.3) is 0 Å². The molecule has 0 aromatic heterocycles. The highest BCUT2D eigenvalue weighted by molar-refractivity contribution is 5.93. The van der Waals surface area contributed by atoms with E-state index in [0.29, 0.717) is 0 Å². The third-order valence-corrected chi connectivity index (χ3v) is 2.18. The summed E-state index contributed by atoms with van der Waals surface area (Å²) in [6, 6.07) is 2.20. The second-order valence-corrected chi connectivity index (χ2v) is 3.94. The number of aromatic hydroxyl groups is 2. The molecule has 0 bridgehead atoms. The van der Waals surface area contributed by atoms with Gasteiger partial charge in [0.25, 0.3) is 0 Å². The monoisotopic (exact) mass is 226 g/mol. The van der Waals surface area contributed by atoms with E-state index in [1.807, 2.05) is 0 Å². The average molecular weight is 226 g/mol. The van der Waals surface area contributed by atoms with E-state index >= 15 is 0 Å². The van der Waals surface area contributed by atoms with Crippen molar-refractivity contribution in [2.75, 3.05) is 7.11 Å². The SMILES string of the molecule is COC(=O)c1cc(C(C)(C)O)c(O)cc1O. The van der Waals surface area contributed by atoms with Crippen LogP contribution in [0.1, 0.15) is 29.8 Å². The van der Waals surface area contributed by atoms with Crippen LogP contribution in [0.15, 0.2) is 12.1 Å². The largest absolute Gasteiger partial charge is 0.507 e. The van der Waals surface area contributed by atoms with Gasteiger partial charge in [-0.1, -0.05) is 0 Å². The first-order valence-corrected chi connectivity index (χ1v) is 4.64. The van der Waals surface area contributed by atoms with E-state index in [9.17, 15) is 20.1 Å². The lowest BCUT2D eigenvalue weighted by Gasteiger charge is -2.20. The Balaban J connectivity index is 3.39. The van der Waals surface area contributed by atoms with Crippen LogP contribution in [0.3, 0.4) is 0 Å². The third kappa shape index (κ3) is 2.25. The van der Waals surface area contributed by atoms with Crippen LogP contribution in [-0.2, 0) is 10.3 Å². The van der Waals surface area contributed by atoms with E-state index in [2.05, 4.69) is 4.74 Å². The Bertz CT molecular complexity index is 417. The maximum atomic E-state index is 11.3. The number of ether oxygens (including phenoxy) is 1. The molecular formula is C11H14O5. The first-order valence-electron chi connectivity index (χ1n) is 4.64. The molecule has 0 aliphatic heterocycles. The van der Waals surface area contributed by atoms with E-state index in [4.69, 9.17) is 0 Å². The van der Waals surface area contributed by atoms with Gasteiger partial charge in [-0.3, -0.25) is 0 Å². The number of aliphatic hydroxyl groups is 1. The van der Waals surface area contributed by atoms with E-state index in [1.165, 1.54) is 27.0 Å². The van der Waals surface area contributed by atoms with Crippen LogP contribution in [-0.4, -0.2) is 28.4 Å². The fourth-order valence-corrected chi connectivity index (χ4v) is 1.34. The van der Waals surface area contributed by atoms with Crippen molar-refractivity contribution in [1.82, 2.24) is 0 Å². The van der Waals surface area contributed by atoms with Crippen LogP contribution >= 0.6 is 0 Å². The van der Waals surface area contributed by atoms with E-state index < -0.39 is 17.3 Å². The number of carbonyl (C=O) groups excluding carboxylic acids is 1. The van der Waals surface area contributed by atoms with Gasteiger partial charge >= 0.3 is 5.97 Å². The quantitative estimate of drug-likeness (QED) is 0.657. The standard InChI is InChI=1S/C11H14O5/c1-11(2,15)7-4-6(10(14)16-3)8(12)5-9(7)13/h4-5,12-13,15H,1-3H3. The van der Waals surface area contributed by atoms with Gasteiger partial charge in [-0.05, 0) is 19.9 Å². The number of phenolic OH excluding ortho intramolecular Hbond substituents is 2. The van der Waals surface area contributed by atoms with Crippen LogP contribution < -0.4 is 0 Å². The summed E-state index contributed by atoms with van der Waals surface area (Å²) in [5.41, 5.74) is -1.27. The minimum Gasteiger partial charge on any atom is -0.507 e. The molecule has 0 heterocycles. The highest BCUT2D eigenvalue weighted by atomic mass is 16.5. The van der Waals surface area contributed by atoms with Gasteiger partial charge in [0.15, 0.2) is 0 Å². The van der Waals surface area contributed by atoms with Crippen molar-refractivity contribution >= 4 is 5.97 Å². The van der Waals surface area contributed by atoms with Crippen molar-refractivity contribution in [3.05, 3.63) is 23.3 Å². The number of benzene rings is 1. The lowest BCUT2D eigenvalue weighted by molar-refractivity contribution is 0.0594. The average Bonchev–Trinajstić information content (AvgIpc) is 2.14. The Hall–Kier alpha value is -1.75. The van der Waals surface area contributed by atoms with Crippen molar-refractivity contribution in [3.8, 4) is 11.5 Å². The molecule has 0 aliphatic carbocycles. The molecule has 1 aromatic carbocycles. The van der Waals surface area contributed by atoms with Crippen LogP contribution in [0.4, 0.5) is 0 Å². The topological polar surface area (TPSA) is 87.0 Å². The zero-order chi connectivity index (χ0) is 12.5. The lowest BCUT2D eigenvalue weighted by atomic mass is 9.95. The van der Waals surface area contributed by atoms with Gasteiger partial charge in [-0.15, -0.1) is 0 Å². The summed E-state index contributed by atoms with van der Waals surface area (Å²) in [5.74, 6) is -1.40. The Kier molecular flexibility index (Phi) is 3.09. The highest BCUT2D eigenvalue weighted by Gasteiger charge is 2.24. The Morgan fingerprint density at radius 1 is 1.25 bits per heavy atom. The van der Waals surface area contributed by atoms with Gasteiger partial charge < -0.3 is 20.1 Å². The molecule has 1 aromatic rings. The molecule has 0 fully saturated rings. The molecule has 5 heteroatoms. The minimum atomic E-state index is -1.32. The fourth-order valence-electron chi connectivity index (χ4n) is 1.34. The van der Waals surface area contributed by atoms with Gasteiger partial charge in [-0.2, -0.15) is 0 Å². The van der Waals surface area contributed by atoms with E-state index in [1.54, 1.807) is 0 Å². The molecule has 0 saturated carbocycles. The third-order valence-electron chi connectivity index (χ3n) is 2.18. The smallest absolute Gasteiger partial charge is 0.341 e. The van der Waals surface area contributed by atoms with Crippen LogP contribution in [0.2, 0.25) is 0 Å². The zero-order valence-corrected chi connectivity index (χ0v) is 9.31. The molecule has 0 amide bonds. The van der Waals surface area contributed by atoms with Gasteiger partial charge in [0, 0.05) is 11.6 Å². The van der Waals surface area contributed by atoms with Crippen molar-refractivity contribution in [2.45, 2.75) is 19.4 Å². The number of phenols is 2. The predicted octanol–water partition coefficient (Wildman–Crippen LogP) is 1.11. The normalized spacial score (nSPS) is 11.2. The maximum Gasteiger partial charge on any atom is 0.341 e. The molecule has 0 atom stereocenters.